The Labute approximate surface area is 100 Å². The third kappa shape index (κ3) is 4.40. The first kappa shape index (κ1) is 15.2. The highest BCUT2D eigenvalue weighted by Crippen LogP contribution is 2.27. The van der Waals surface area contributed by atoms with Crippen molar-refractivity contribution in [2.75, 3.05) is 19.3 Å². The number of thioether (sulfide) groups is 1. The Hall–Kier alpha value is -0.750. The van der Waals surface area contributed by atoms with Gasteiger partial charge in [-0.3, -0.25) is 9.59 Å². The maximum absolute atomic E-state index is 11.5. The average Bonchev–Trinajstić information content (AvgIpc) is 2.23. The van der Waals surface area contributed by atoms with Gasteiger partial charge in [0.25, 0.3) is 0 Å². The Morgan fingerprint density at radius 3 is 2.38 bits per heavy atom. The zero-order valence-corrected chi connectivity index (χ0v) is 11.0. The summed E-state index contributed by atoms with van der Waals surface area (Å²) in [5, 5.41) is 8.80. The molecule has 0 saturated carbocycles. The highest BCUT2D eigenvalue weighted by molar-refractivity contribution is 8.01. The van der Waals surface area contributed by atoms with Crippen molar-refractivity contribution in [3.8, 4) is 0 Å². The number of amides is 1. The number of carboxylic acids is 1. The Morgan fingerprint density at radius 1 is 1.50 bits per heavy atom. The second-order valence-corrected chi connectivity index (χ2v) is 5.75. The molecule has 94 valence electrons. The number of nitrogens with two attached hydrogens (primary N) is 1. The van der Waals surface area contributed by atoms with Crippen LogP contribution in [0.1, 0.15) is 20.8 Å². The van der Waals surface area contributed by atoms with Gasteiger partial charge in [-0.1, -0.05) is 0 Å². The van der Waals surface area contributed by atoms with E-state index in [1.807, 2.05) is 6.92 Å². The Morgan fingerprint density at radius 2 is 2.00 bits per heavy atom. The highest BCUT2D eigenvalue weighted by Gasteiger charge is 2.33. The van der Waals surface area contributed by atoms with Crippen molar-refractivity contribution < 1.29 is 14.7 Å². The number of carbonyl (C=O) groups excluding carboxylic acids is 1. The van der Waals surface area contributed by atoms with E-state index in [1.165, 1.54) is 11.8 Å². The average molecular weight is 248 g/mol. The summed E-state index contributed by atoms with van der Waals surface area (Å²) in [5.74, 6) is -0.815. The molecular weight excluding hydrogens is 228 g/mol. The molecule has 0 saturated heterocycles. The predicted molar refractivity (Wildman–Crippen MR) is 65.5 cm³/mol. The lowest BCUT2D eigenvalue weighted by atomic mass is 10.1. The van der Waals surface area contributed by atoms with Crippen molar-refractivity contribution in [2.45, 2.75) is 31.6 Å². The van der Waals surface area contributed by atoms with Crippen LogP contribution in [0.3, 0.4) is 0 Å². The third-order valence-electron chi connectivity index (χ3n) is 2.48. The molecule has 3 N–H and O–H groups in total. The van der Waals surface area contributed by atoms with Gasteiger partial charge < -0.3 is 15.7 Å². The molecule has 0 spiro atoms. The number of carbonyl (C=O) groups is 2. The summed E-state index contributed by atoms with van der Waals surface area (Å²) >= 11 is 1.27. The molecule has 6 heteroatoms. The van der Waals surface area contributed by atoms with Gasteiger partial charge in [-0.2, -0.15) is 0 Å². The molecule has 0 aromatic heterocycles. The molecule has 0 radical (unpaired) electrons. The van der Waals surface area contributed by atoms with Gasteiger partial charge in [0, 0.05) is 18.3 Å². The molecule has 1 amide bonds. The smallest absolute Gasteiger partial charge is 0.321 e. The van der Waals surface area contributed by atoms with Gasteiger partial charge in [-0.15, -0.1) is 11.8 Å². The van der Waals surface area contributed by atoms with E-state index in [9.17, 15) is 9.59 Å². The van der Waals surface area contributed by atoms with Crippen LogP contribution in [0, 0.1) is 0 Å². The predicted octanol–water partition coefficient (Wildman–Crippen LogP) is 0.388. The molecule has 0 unspecified atom stereocenters. The standard InChI is InChI=1S/C10H20N2O3S/c1-5-12(4)7(13)6-16-10(2,3)8(11)9(14)15/h8H,5-6,11H2,1-4H3,(H,14,15)/t8-/m1/s1. The Bertz CT molecular complexity index is 269. The fourth-order valence-corrected chi connectivity index (χ4v) is 1.92. The summed E-state index contributed by atoms with van der Waals surface area (Å²) in [4.78, 5) is 23.9. The maximum atomic E-state index is 11.5. The van der Waals surface area contributed by atoms with Gasteiger partial charge in [-0.05, 0) is 20.8 Å². The van der Waals surface area contributed by atoms with Crippen LogP contribution in [0.15, 0.2) is 0 Å². The first-order valence-corrected chi connectivity index (χ1v) is 6.07. The number of rotatable bonds is 6. The van der Waals surface area contributed by atoms with Gasteiger partial charge in [0.15, 0.2) is 0 Å². The third-order valence-corrected chi connectivity index (χ3v) is 3.87. The van der Waals surface area contributed by atoms with Crippen molar-refractivity contribution in [1.82, 2.24) is 4.90 Å². The molecule has 0 aromatic carbocycles. The van der Waals surface area contributed by atoms with Crippen molar-refractivity contribution in [3.63, 3.8) is 0 Å². The zero-order valence-electron chi connectivity index (χ0n) is 10.2. The molecular formula is C10H20N2O3S. The minimum absolute atomic E-state index is 0.0156. The fraction of sp³-hybridized carbons (Fsp3) is 0.800. The fourth-order valence-electron chi connectivity index (χ4n) is 0.921. The lowest BCUT2D eigenvalue weighted by Crippen LogP contribution is -2.47. The van der Waals surface area contributed by atoms with Gasteiger partial charge in [0.1, 0.15) is 6.04 Å². The van der Waals surface area contributed by atoms with Crippen LogP contribution in [0.2, 0.25) is 0 Å². The van der Waals surface area contributed by atoms with E-state index in [0.29, 0.717) is 6.54 Å². The van der Waals surface area contributed by atoms with Gasteiger partial charge >= 0.3 is 5.97 Å². The van der Waals surface area contributed by atoms with E-state index in [-0.39, 0.29) is 11.7 Å². The van der Waals surface area contributed by atoms with Crippen molar-refractivity contribution >= 4 is 23.6 Å². The topological polar surface area (TPSA) is 83.6 Å². The second kappa shape index (κ2) is 6.10. The number of aliphatic carboxylic acids is 1. The van der Waals surface area contributed by atoms with Crippen LogP contribution < -0.4 is 5.73 Å². The van der Waals surface area contributed by atoms with Crippen LogP contribution in [-0.2, 0) is 9.59 Å². The summed E-state index contributed by atoms with van der Waals surface area (Å²) in [5.41, 5.74) is 5.54. The Kier molecular flexibility index (Phi) is 5.81. The van der Waals surface area contributed by atoms with Crippen LogP contribution in [0.4, 0.5) is 0 Å². The minimum atomic E-state index is -1.05. The lowest BCUT2D eigenvalue weighted by molar-refractivity contribution is -0.139. The molecule has 0 bridgehead atoms. The van der Waals surface area contributed by atoms with E-state index in [1.54, 1.807) is 25.8 Å². The van der Waals surface area contributed by atoms with Crippen molar-refractivity contribution in [3.05, 3.63) is 0 Å². The number of nitrogens with zero attached hydrogens (tertiary/aromatic N) is 1. The molecule has 1 atom stereocenters. The lowest BCUT2D eigenvalue weighted by Gasteiger charge is -2.28. The van der Waals surface area contributed by atoms with Gasteiger partial charge in [0.2, 0.25) is 5.91 Å². The first-order valence-electron chi connectivity index (χ1n) is 5.08. The molecule has 0 heterocycles. The van der Waals surface area contributed by atoms with Gasteiger partial charge in [-0.25, -0.2) is 0 Å². The van der Waals surface area contributed by atoms with Crippen molar-refractivity contribution in [2.24, 2.45) is 5.73 Å². The zero-order chi connectivity index (χ0) is 12.9. The molecule has 0 aromatic rings. The first-order chi connectivity index (χ1) is 7.22. The van der Waals surface area contributed by atoms with Gasteiger partial charge in [0.05, 0.1) is 5.75 Å². The molecule has 0 aliphatic rings. The molecule has 0 rings (SSSR count). The SMILES string of the molecule is CCN(C)C(=O)CSC(C)(C)[C@H](N)C(=O)O. The summed E-state index contributed by atoms with van der Waals surface area (Å²) in [6.07, 6.45) is 0. The summed E-state index contributed by atoms with van der Waals surface area (Å²) in [6.45, 7) is 5.99. The highest BCUT2D eigenvalue weighted by atomic mass is 32.2. The number of hydrogen-bond donors (Lipinski definition) is 2. The quantitative estimate of drug-likeness (QED) is 0.710. The molecule has 16 heavy (non-hydrogen) atoms. The van der Waals surface area contributed by atoms with E-state index in [2.05, 4.69) is 0 Å². The summed E-state index contributed by atoms with van der Waals surface area (Å²) < 4.78 is -0.657. The summed E-state index contributed by atoms with van der Waals surface area (Å²) in [6, 6.07) is -0.975. The molecule has 0 aliphatic heterocycles. The largest absolute Gasteiger partial charge is 0.480 e. The number of hydrogen-bond acceptors (Lipinski definition) is 4. The molecule has 0 aliphatic carbocycles. The van der Waals surface area contributed by atoms with Crippen molar-refractivity contribution in [1.29, 1.82) is 0 Å². The van der Waals surface area contributed by atoms with E-state index < -0.39 is 16.8 Å². The van der Waals surface area contributed by atoms with Crippen LogP contribution in [0.25, 0.3) is 0 Å². The van der Waals surface area contributed by atoms with E-state index in [4.69, 9.17) is 10.8 Å². The molecule has 0 fully saturated rings. The maximum Gasteiger partial charge on any atom is 0.321 e. The summed E-state index contributed by atoms with van der Waals surface area (Å²) in [7, 11) is 1.72. The van der Waals surface area contributed by atoms with Crippen LogP contribution in [-0.4, -0.2) is 52.0 Å². The number of carboxylic acid groups (broad SMARTS) is 1. The molecule has 5 nitrogen and oxygen atoms in total. The normalized spacial score (nSPS) is 13.3. The second-order valence-electron chi connectivity index (χ2n) is 4.12. The monoisotopic (exact) mass is 248 g/mol. The van der Waals surface area contributed by atoms with Crippen LogP contribution in [0.5, 0.6) is 0 Å². The van der Waals surface area contributed by atoms with E-state index >= 15 is 0 Å². The van der Waals surface area contributed by atoms with E-state index in [0.717, 1.165) is 0 Å². The Balaban J connectivity index is 4.29. The minimum Gasteiger partial charge on any atom is -0.480 e. The van der Waals surface area contributed by atoms with Crippen LogP contribution >= 0.6 is 11.8 Å².